The highest BCUT2D eigenvalue weighted by Crippen LogP contribution is 2.29. The minimum absolute atomic E-state index is 0.194. The molecule has 1 atom stereocenters. The molecular weight excluding hydrogens is 430 g/mol. The molecule has 166 valence electrons. The molecule has 0 spiro atoms. The van der Waals surface area contributed by atoms with E-state index in [2.05, 4.69) is 41.4 Å². The van der Waals surface area contributed by atoms with Crippen molar-refractivity contribution in [2.24, 2.45) is 0 Å². The Bertz CT molecular complexity index is 1320. The van der Waals surface area contributed by atoms with Crippen LogP contribution in [-0.2, 0) is 0 Å². The van der Waals surface area contributed by atoms with E-state index in [1.807, 2.05) is 30.3 Å². The molecule has 1 aliphatic rings. The number of rotatable bonds is 4. The van der Waals surface area contributed by atoms with Crippen LogP contribution in [0.4, 0.5) is 11.4 Å². The van der Waals surface area contributed by atoms with Crippen LogP contribution >= 0.6 is 11.6 Å². The summed E-state index contributed by atoms with van der Waals surface area (Å²) >= 11 is 6.01. The molecule has 1 aliphatic heterocycles. The molecular formula is C28H26ClN3O. The van der Waals surface area contributed by atoms with Crippen LogP contribution in [0.25, 0.3) is 22.2 Å². The number of hydrogen-bond acceptors (Lipinski definition) is 3. The number of nitrogens with zero attached hydrogens (tertiary/aromatic N) is 2. The first-order valence-corrected chi connectivity index (χ1v) is 11.8. The summed E-state index contributed by atoms with van der Waals surface area (Å²) in [5.74, 6) is -0.194. The fourth-order valence-electron chi connectivity index (χ4n) is 4.52. The van der Waals surface area contributed by atoms with Gasteiger partial charge in [-0.2, -0.15) is 0 Å². The smallest absolute Gasteiger partial charge is 0.255 e. The predicted molar refractivity (Wildman–Crippen MR) is 137 cm³/mol. The third-order valence-corrected chi connectivity index (χ3v) is 6.55. The van der Waals surface area contributed by atoms with Gasteiger partial charge in [-0.1, -0.05) is 35.9 Å². The maximum atomic E-state index is 12.6. The van der Waals surface area contributed by atoms with E-state index in [-0.39, 0.29) is 5.91 Å². The molecule has 1 aromatic heterocycles. The van der Waals surface area contributed by atoms with Gasteiger partial charge >= 0.3 is 0 Å². The summed E-state index contributed by atoms with van der Waals surface area (Å²) < 4.78 is 0. The maximum absolute atomic E-state index is 12.6. The van der Waals surface area contributed by atoms with Crippen molar-refractivity contribution in [1.82, 2.24) is 4.98 Å². The Morgan fingerprint density at radius 2 is 1.88 bits per heavy atom. The quantitative estimate of drug-likeness (QED) is 0.354. The lowest BCUT2D eigenvalue weighted by Gasteiger charge is -2.35. The zero-order valence-corrected chi connectivity index (χ0v) is 19.3. The van der Waals surface area contributed by atoms with E-state index in [0.717, 1.165) is 28.7 Å². The molecule has 0 radical (unpaired) electrons. The number of pyridine rings is 1. The molecule has 1 fully saturated rings. The van der Waals surface area contributed by atoms with Crippen molar-refractivity contribution in [3.63, 3.8) is 0 Å². The molecule has 1 amide bonds. The third-order valence-electron chi connectivity index (χ3n) is 6.31. The van der Waals surface area contributed by atoms with E-state index in [4.69, 9.17) is 16.6 Å². The second-order valence-corrected chi connectivity index (χ2v) is 9.09. The summed E-state index contributed by atoms with van der Waals surface area (Å²) in [6.07, 6.45) is 3.82. The summed E-state index contributed by atoms with van der Waals surface area (Å²) in [4.78, 5) is 20.0. The first-order chi connectivity index (χ1) is 16.1. The van der Waals surface area contributed by atoms with Gasteiger partial charge in [0.1, 0.15) is 0 Å². The molecule has 0 aliphatic carbocycles. The third kappa shape index (κ3) is 4.71. The normalized spacial score (nSPS) is 16.1. The van der Waals surface area contributed by atoms with E-state index in [0.29, 0.717) is 22.3 Å². The number of anilines is 2. The lowest BCUT2D eigenvalue weighted by Crippen LogP contribution is -2.37. The number of amides is 1. The van der Waals surface area contributed by atoms with Crippen LogP contribution in [0.1, 0.15) is 36.5 Å². The van der Waals surface area contributed by atoms with Gasteiger partial charge in [0.2, 0.25) is 0 Å². The van der Waals surface area contributed by atoms with E-state index in [9.17, 15) is 4.79 Å². The number of piperidine rings is 1. The van der Waals surface area contributed by atoms with E-state index >= 15 is 0 Å². The van der Waals surface area contributed by atoms with E-state index < -0.39 is 0 Å². The zero-order valence-electron chi connectivity index (χ0n) is 18.6. The van der Waals surface area contributed by atoms with Crippen molar-refractivity contribution in [3.05, 3.63) is 89.4 Å². The molecule has 4 aromatic rings. The minimum atomic E-state index is -0.194. The summed E-state index contributed by atoms with van der Waals surface area (Å²) in [7, 11) is 0. The fraction of sp³-hybridized carbons (Fsp3) is 0.214. The van der Waals surface area contributed by atoms with Crippen molar-refractivity contribution in [3.8, 4) is 11.3 Å². The molecule has 3 aromatic carbocycles. The lowest BCUT2D eigenvalue weighted by atomic mass is 10.0. The molecule has 2 heterocycles. The van der Waals surface area contributed by atoms with Gasteiger partial charge in [0, 0.05) is 45.5 Å². The van der Waals surface area contributed by atoms with Crippen molar-refractivity contribution in [1.29, 1.82) is 0 Å². The summed E-state index contributed by atoms with van der Waals surface area (Å²) in [5.41, 5.74) is 5.31. The van der Waals surface area contributed by atoms with Gasteiger partial charge in [-0.05, 0) is 80.8 Å². The van der Waals surface area contributed by atoms with Gasteiger partial charge in [0.05, 0.1) is 11.2 Å². The Kier molecular flexibility index (Phi) is 6.01. The molecule has 1 saturated heterocycles. The van der Waals surface area contributed by atoms with Crippen LogP contribution < -0.4 is 10.2 Å². The number of carbonyl (C=O) groups excluding carboxylic acids is 1. The molecule has 0 saturated carbocycles. The van der Waals surface area contributed by atoms with Gasteiger partial charge in [-0.3, -0.25) is 4.79 Å². The van der Waals surface area contributed by atoms with Gasteiger partial charge in [-0.15, -0.1) is 0 Å². The molecule has 4 nitrogen and oxygen atoms in total. The Morgan fingerprint density at radius 1 is 1.00 bits per heavy atom. The Labute approximate surface area is 199 Å². The van der Waals surface area contributed by atoms with Crippen molar-refractivity contribution < 1.29 is 4.79 Å². The number of benzene rings is 3. The molecule has 1 N–H and O–H groups in total. The second kappa shape index (κ2) is 9.24. The number of nitrogens with one attached hydrogen (secondary N) is 1. The Balaban J connectivity index is 1.38. The summed E-state index contributed by atoms with van der Waals surface area (Å²) in [5, 5.41) is 4.62. The van der Waals surface area contributed by atoms with Crippen LogP contribution in [0.15, 0.2) is 78.9 Å². The van der Waals surface area contributed by atoms with Crippen LogP contribution in [0.5, 0.6) is 0 Å². The van der Waals surface area contributed by atoms with Crippen LogP contribution in [0, 0.1) is 0 Å². The summed E-state index contributed by atoms with van der Waals surface area (Å²) in [6.45, 7) is 3.43. The lowest BCUT2D eigenvalue weighted by molar-refractivity contribution is 0.102. The number of halogens is 1. The van der Waals surface area contributed by atoms with Crippen LogP contribution in [-0.4, -0.2) is 23.5 Å². The maximum Gasteiger partial charge on any atom is 0.255 e. The minimum Gasteiger partial charge on any atom is -0.369 e. The van der Waals surface area contributed by atoms with Crippen molar-refractivity contribution in [2.75, 3.05) is 16.8 Å². The zero-order chi connectivity index (χ0) is 22.8. The van der Waals surface area contributed by atoms with Crippen molar-refractivity contribution in [2.45, 2.75) is 32.2 Å². The van der Waals surface area contributed by atoms with Gasteiger partial charge in [-0.25, -0.2) is 4.98 Å². The SMILES string of the molecule is CC1CCCCN1c1ccc2nc(-c3cccc(NC(=O)c4cccc(Cl)c4)c3)ccc2c1. The number of aromatic nitrogens is 1. The number of carbonyl (C=O) groups is 1. The Hall–Kier alpha value is -3.37. The van der Waals surface area contributed by atoms with Crippen molar-refractivity contribution >= 4 is 39.8 Å². The molecule has 5 heteroatoms. The fourth-order valence-corrected chi connectivity index (χ4v) is 4.71. The van der Waals surface area contributed by atoms with Gasteiger partial charge in [0.15, 0.2) is 0 Å². The monoisotopic (exact) mass is 455 g/mol. The number of fused-ring (bicyclic) bond motifs is 1. The van der Waals surface area contributed by atoms with Gasteiger partial charge < -0.3 is 10.2 Å². The molecule has 1 unspecified atom stereocenters. The largest absolute Gasteiger partial charge is 0.369 e. The highest BCUT2D eigenvalue weighted by Gasteiger charge is 2.18. The highest BCUT2D eigenvalue weighted by atomic mass is 35.5. The second-order valence-electron chi connectivity index (χ2n) is 8.66. The molecule has 5 rings (SSSR count). The summed E-state index contributed by atoms with van der Waals surface area (Å²) in [6, 6.07) is 26.0. The average molecular weight is 456 g/mol. The first kappa shape index (κ1) is 21.5. The van der Waals surface area contributed by atoms with E-state index in [1.165, 1.54) is 24.9 Å². The average Bonchev–Trinajstić information content (AvgIpc) is 2.84. The Morgan fingerprint density at radius 3 is 2.73 bits per heavy atom. The van der Waals surface area contributed by atoms with Crippen LogP contribution in [0.3, 0.4) is 0 Å². The topological polar surface area (TPSA) is 45.2 Å². The van der Waals surface area contributed by atoms with Crippen LogP contribution in [0.2, 0.25) is 5.02 Å². The highest BCUT2D eigenvalue weighted by molar-refractivity contribution is 6.31. The number of hydrogen-bond donors (Lipinski definition) is 1. The van der Waals surface area contributed by atoms with E-state index in [1.54, 1.807) is 24.3 Å². The van der Waals surface area contributed by atoms with Gasteiger partial charge in [0.25, 0.3) is 5.91 Å². The predicted octanol–water partition coefficient (Wildman–Crippen LogP) is 7.19. The molecule has 0 bridgehead atoms. The molecule has 33 heavy (non-hydrogen) atoms. The first-order valence-electron chi connectivity index (χ1n) is 11.4. The standard InChI is InChI=1S/C28H26ClN3O/c1-19-6-2-3-15-32(19)25-12-14-27-21(18-25)11-13-26(31-27)20-7-5-10-24(17-20)30-28(33)22-8-4-9-23(29)16-22/h4-5,7-14,16-19H,2-3,6,15H2,1H3,(H,30,33).